The molecule has 156 valence electrons. The topological polar surface area (TPSA) is 17.8 Å². The van der Waals surface area contributed by atoms with E-state index >= 15 is 0 Å². The molecule has 0 saturated carbocycles. The zero-order valence-electron chi connectivity index (χ0n) is 18.7. The summed E-state index contributed by atoms with van der Waals surface area (Å²) in [6.45, 7) is 6.93. The Bertz CT molecular complexity index is 1440. The van der Waals surface area contributed by atoms with Gasteiger partial charge in [0, 0.05) is 11.5 Å². The summed E-state index contributed by atoms with van der Waals surface area (Å²) in [6.07, 6.45) is 0. The monoisotopic (exact) mass is 414 g/mol. The maximum Gasteiger partial charge on any atom is 0.145 e. The second-order valence-electron chi connectivity index (χ2n) is 9.10. The lowest BCUT2D eigenvalue weighted by Gasteiger charge is -2.30. The number of fused-ring (bicyclic) bond motifs is 2. The van der Waals surface area contributed by atoms with Gasteiger partial charge in [-0.05, 0) is 51.9 Å². The average Bonchev–Trinajstić information content (AvgIpc) is 3.23. The lowest BCUT2D eigenvalue weighted by atomic mass is 9.82. The van der Waals surface area contributed by atoms with E-state index in [9.17, 15) is 0 Å². The van der Waals surface area contributed by atoms with Crippen molar-refractivity contribution < 1.29 is 0 Å². The molecule has 6 rings (SSSR count). The molecule has 1 aliphatic rings. The Kier molecular flexibility index (Phi) is 4.29. The number of benzene rings is 4. The Balaban J connectivity index is 1.74. The Morgan fingerprint density at radius 1 is 0.719 bits per heavy atom. The summed E-state index contributed by atoms with van der Waals surface area (Å²) < 4.78 is 2.43. The molecule has 0 radical (unpaired) electrons. The Labute approximate surface area is 189 Å². The predicted octanol–water partition coefficient (Wildman–Crippen LogP) is 7.95. The van der Waals surface area contributed by atoms with Gasteiger partial charge in [-0.3, -0.25) is 4.57 Å². The van der Waals surface area contributed by atoms with Crippen LogP contribution in [0.2, 0.25) is 0 Å². The lowest BCUT2D eigenvalue weighted by molar-refractivity contribution is 0.814. The first kappa shape index (κ1) is 19.1. The molecule has 4 aromatic carbocycles. The number of nitrogens with zero attached hydrogens (tertiary/aromatic N) is 2. The van der Waals surface area contributed by atoms with Crippen LogP contribution >= 0.6 is 0 Å². The minimum absolute atomic E-state index is 0.308. The van der Waals surface area contributed by atoms with Crippen molar-refractivity contribution in [2.45, 2.75) is 32.6 Å². The molecule has 0 spiro atoms. The van der Waals surface area contributed by atoms with E-state index in [0.717, 1.165) is 16.9 Å². The van der Waals surface area contributed by atoms with Crippen molar-refractivity contribution in [1.29, 1.82) is 0 Å². The molecular weight excluding hydrogens is 388 g/mol. The van der Waals surface area contributed by atoms with Gasteiger partial charge in [-0.1, -0.05) is 93.6 Å². The van der Waals surface area contributed by atoms with E-state index in [0.29, 0.717) is 11.8 Å². The number of imidazole rings is 1. The molecule has 0 unspecified atom stereocenters. The van der Waals surface area contributed by atoms with Crippen LogP contribution in [0.15, 0.2) is 91.0 Å². The van der Waals surface area contributed by atoms with Crippen LogP contribution in [0.5, 0.6) is 0 Å². The zero-order chi connectivity index (χ0) is 21.8. The minimum atomic E-state index is 0.308. The number of rotatable bonds is 3. The van der Waals surface area contributed by atoms with Gasteiger partial charge >= 0.3 is 0 Å². The van der Waals surface area contributed by atoms with Crippen molar-refractivity contribution in [3.63, 3.8) is 0 Å². The van der Waals surface area contributed by atoms with Gasteiger partial charge in [0.25, 0.3) is 0 Å². The van der Waals surface area contributed by atoms with E-state index in [-0.39, 0.29) is 0 Å². The van der Waals surface area contributed by atoms with Crippen molar-refractivity contribution >= 4 is 11.0 Å². The minimum Gasteiger partial charge on any atom is -0.291 e. The van der Waals surface area contributed by atoms with E-state index in [1.54, 1.807) is 0 Å². The molecule has 0 aliphatic carbocycles. The Morgan fingerprint density at radius 3 is 2.09 bits per heavy atom. The molecule has 0 amide bonds. The fraction of sp³-hybridized carbons (Fsp3) is 0.167. The van der Waals surface area contributed by atoms with Crippen LogP contribution in [0, 0.1) is 0 Å². The quantitative estimate of drug-likeness (QED) is 0.293. The van der Waals surface area contributed by atoms with E-state index < -0.39 is 0 Å². The van der Waals surface area contributed by atoms with Gasteiger partial charge < -0.3 is 0 Å². The highest BCUT2D eigenvalue weighted by Crippen LogP contribution is 2.46. The molecule has 1 aliphatic heterocycles. The molecule has 0 bridgehead atoms. The lowest BCUT2D eigenvalue weighted by Crippen LogP contribution is -2.16. The van der Waals surface area contributed by atoms with Crippen LogP contribution in [0.25, 0.3) is 39.2 Å². The molecule has 2 heteroatoms. The third-order valence-corrected chi connectivity index (χ3v) is 6.79. The van der Waals surface area contributed by atoms with Gasteiger partial charge in [0.15, 0.2) is 0 Å². The molecule has 0 saturated heterocycles. The van der Waals surface area contributed by atoms with Crippen molar-refractivity contribution in [1.82, 2.24) is 9.55 Å². The molecule has 2 nitrogen and oxygen atoms in total. The number of para-hydroxylation sites is 1. The van der Waals surface area contributed by atoms with Crippen molar-refractivity contribution in [2.75, 3.05) is 0 Å². The highest BCUT2D eigenvalue weighted by molar-refractivity contribution is 5.90. The van der Waals surface area contributed by atoms with Gasteiger partial charge in [0.1, 0.15) is 5.82 Å². The normalized spacial score (nSPS) is 14.7. The average molecular weight is 415 g/mol. The fourth-order valence-corrected chi connectivity index (χ4v) is 5.17. The molecular formula is C30H26N2. The molecule has 5 aromatic rings. The van der Waals surface area contributed by atoms with Crippen molar-refractivity contribution in [3.8, 4) is 28.2 Å². The maximum absolute atomic E-state index is 5.13. The zero-order valence-corrected chi connectivity index (χ0v) is 18.7. The van der Waals surface area contributed by atoms with Gasteiger partial charge in [0.2, 0.25) is 0 Å². The summed E-state index contributed by atoms with van der Waals surface area (Å²) in [4.78, 5) is 5.13. The van der Waals surface area contributed by atoms with Gasteiger partial charge in [-0.2, -0.15) is 0 Å². The first-order valence-electron chi connectivity index (χ1n) is 11.4. The Hall–Kier alpha value is -3.65. The van der Waals surface area contributed by atoms with E-state index in [1.165, 1.54) is 39.0 Å². The first-order chi connectivity index (χ1) is 15.6. The standard InChI is InChI=1S/C30H26N2/c1-19(2)25-17-23(21-11-6-4-7-12-21)18-26-20(3)24-15-10-16-27-29(24)32(28(25)26)30(31-27)22-13-8-5-9-14-22/h4-20H,1-3H3/t20-/m0/s1. The van der Waals surface area contributed by atoms with Gasteiger partial charge in [0.05, 0.1) is 16.7 Å². The maximum atomic E-state index is 5.13. The van der Waals surface area contributed by atoms with Crippen molar-refractivity contribution in [2.24, 2.45) is 0 Å². The summed E-state index contributed by atoms with van der Waals surface area (Å²) in [5.41, 5.74) is 11.4. The van der Waals surface area contributed by atoms with E-state index in [2.05, 4.69) is 116 Å². The molecule has 32 heavy (non-hydrogen) atoms. The summed E-state index contributed by atoms with van der Waals surface area (Å²) in [6, 6.07) is 32.7. The predicted molar refractivity (Wildman–Crippen MR) is 134 cm³/mol. The summed E-state index contributed by atoms with van der Waals surface area (Å²) in [5, 5.41) is 0. The largest absolute Gasteiger partial charge is 0.291 e. The van der Waals surface area contributed by atoms with E-state index in [4.69, 9.17) is 4.98 Å². The van der Waals surface area contributed by atoms with Crippen LogP contribution in [0.1, 0.15) is 49.3 Å². The molecule has 2 heterocycles. The van der Waals surface area contributed by atoms with Crippen LogP contribution in [0.4, 0.5) is 0 Å². The molecule has 1 aromatic heterocycles. The first-order valence-corrected chi connectivity index (χ1v) is 11.4. The second-order valence-corrected chi connectivity index (χ2v) is 9.10. The molecule has 1 atom stereocenters. The van der Waals surface area contributed by atoms with Crippen LogP contribution < -0.4 is 0 Å². The second kappa shape index (κ2) is 7.20. The fourth-order valence-electron chi connectivity index (χ4n) is 5.17. The third-order valence-electron chi connectivity index (χ3n) is 6.79. The summed E-state index contributed by atoms with van der Waals surface area (Å²) in [5.74, 6) is 1.73. The molecule has 0 N–H and O–H groups in total. The SMILES string of the molecule is CC(C)c1cc(-c2ccccc2)cc2c1-n1c(-c3ccccc3)nc3cccc(c31)[C@@H]2C. The Morgan fingerprint density at radius 2 is 1.41 bits per heavy atom. The highest BCUT2D eigenvalue weighted by Gasteiger charge is 2.30. The van der Waals surface area contributed by atoms with Crippen LogP contribution in [-0.2, 0) is 0 Å². The highest BCUT2D eigenvalue weighted by atomic mass is 15.1. The van der Waals surface area contributed by atoms with Gasteiger partial charge in [-0.25, -0.2) is 4.98 Å². The van der Waals surface area contributed by atoms with E-state index in [1.807, 2.05) is 0 Å². The third kappa shape index (κ3) is 2.76. The number of hydrogen-bond acceptors (Lipinski definition) is 1. The van der Waals surface area contributed by atoms with Crippen LogP contribution in [-0.4, -0.2) is 9.55 Å². The smallest absolute Gasteiger partial charge is 0.145 e. The number of hydrogen-bond donors (Lipinski definition) is 0. The van der Waals surface area contributed by atoms with Crippen molar-refractivity contribution in [3.05, 3.63) is 108 Å². The number of aromatic nitrogens is 2. The summed E-state index contributed by atoms with van der Waals surface area (Å²) in [7, 11) is 0. The molecule has 0 fully saturated rings. The van der Waals surface area contributed by atoms with Crippen LogP contribution in [0.3, 0.4) is 0 Å². The summed E-state index contributed by atoms with van der Waals surface area (Å²) >= 11 is 0. The van der Waals surface area contributed by atoms with Gasteiger partial charge in [-0.15, -0.1) is 0 Å².